The molecule has 5 heteroatoms. The Morgan fingerprint density at radius 2 is 1.89 bits per heavy atom. The highest BCUT2D eigenvalue weighted by Gasteiger charge is 2.17. The van der Waals surface area contributed by atoms with Crippen LogP contribution in [0.4, 0.5) is 0 Å². The Balaban J connectivity index is 2.12. The molecule has 96 valence electrons. The lowest BCUT2D eigenvalue weighted by Crippen LogP contribution is -1.97. The number of aromatic carboxylic acids is 1. The van der Waals surface area contributed by atoms with Crippen LogP contribution in [0.15, 0.2) is 36.4 Å². The van der Waals surface area contributed by atoms with Crippen LogP contribution in [0, 0.1) is 0 Å². The number of phenols is 1. The Kier molecular flexibility index (Phi) is 2.52. The highest BCUT2D eigenvalue weighted by molar-refractivity contribution is 5.94. The molecule has 2 aromatic rings. The van der Waals surface area contributed by atoms with Gasteiger partial charge in [0, 0.05) is 5.56 Å². The molecule has 3 rings (SSSR count). The van der Waals surface area contributed by atoms with Gasteiger partial charge in [-0.15, -0.1) is 0 Å². The van der Waals surface area contributed by atoms with E-state index in [1.54, 1.807) is 30.3 Å². The van der Waals surface area contributed by atoms with Crippen molar-refractivity contribution in [1.29, 1.82) is 0 Å². The number of rotatable bonds is 2. The summed E-state index contributed by atoms with van der Waals surface area (Å²) in [4.78, 5) is 11.0. The van der Waals surface area contributed by atoms with Gasteiger partial charge in [-0.1, -0.05) is 18.2 Å². The molecule has 0 saturated heterocycles. The first-order valence-electron chi connectivity index (χ1n) is 5.62. The summed E-state index contributed by atoms with van der Waals surface area (Å²) in [5.41, 5.74) is 0.984. The van der Waals surface area contributed by atoms with Crippen molar-refractivity contribution >= 4 is 5.97 Å². The van der Waals surface area contributed by atoms with Crippen LogP contribution in [0.2, 0.25) is 0 Å². The van der Waals surface area contributed by atoms with Crippen LogP contribution < -0.4 is 9.47 Å². The average molecular weight is 258 g/mol. The van der Waals surface area contributed by atoms with Gasteiger partial charge in [0.2, 0.25) is 6.79 Å². The number of carboxylic acids is 1. The van der Waals surface area contributed by atoms with E-state index in [1.165, 1.54) is 6.07 Å². The van der Waals surface area contributed by atoms with Crippen LogP contribution in [0.25, 0.3) is 11.1 Å². The summed E-state index contributed by atoms with van der Waals surface area (Å²) in [5, 5.41) is 19.0. The molecule has 0 aliphatic carbocycles. The molecule has 0 radical (unpaired) electrons. The number of carboxylic acid groups (broad SMARTS) is 1. The van der Waals surface area contributed by atoms with E-state index in [1.807, 2.05) is 0 Å². The zero-order chi connectivity index (χ0) is 13.4. The van der Waals surface area contributed by atoms with Crippen molar-refractivity contribution in [2.75, 3.05) is 6.79 Å². The third kappa shape index (κ3) is 1.85. The van der Waals surface area contributed by atoms with Crippen LogP contribution in [0.5, 0.6) is 17.2 Å². The Bertz CT molecular complexity index is 663. The Labute approximate surface area is 108 Å². The van der Waals surface area contributed by atoms with Crippen LogP contribution in [-0.2, 0) is 0 Å². The number of benzene rings is 2. The van der Waals surface area contributed by atoms with E-state index >= 15 is 0 Å². The zero-order valence-corrected chi connectivity index (χ0v) is 9.79. The Hall–Kier alpha value is -2.69. The molecule has 0 atom stereocenters. The van der Waals surface area contributed by atoms with Gasteiger partial charge in [-0.25, -0.2) is 4.79 Å². The first kappa shape index (κ1) is 11.4. The summed E-state index contributed by atoms with van der Waals surface area (Å²) < 4.78 is 10.5. The lowest BCUT2D eigenvalue weighted by Gasteiger charge is -2.08. The molecule has 0 aromatic heterocycles. The number of ether oxygens (including phenoxy) is 2. The summed E-state index contributed by atoms with van der Waals surface area (Å²) in [6.07, 6.45) is 0. The number of hydrogen-bond donors (Lipinski definition) is 2. The Morgan fingerprint density at radius 1 is 1.11 bits per heavy atom. The van der Waals surface area contributed by atoms with Crippen molar-refractivity contribution in [2.45, 2.75) is 0 Å². The molecule has 1 aliphatic heterocycles. The topological polar surface area (TPSA) is 76.0 Å². The predicted octanol–water partition coefficient (Wildman–Crippen LogP) is 2.49. The van der Waals surface area contributed by atoms with Gasteiger partial charge in [-0.05, 0) is 23.8 Å². The molecule has 0 fully saturated rings. The first-order chi connectivity index (χ1) is 9.16. The molecule has 5 nitrogen and oxygen atoms in total. The standard InChI is InChI=1S/C14H10O5/c15-13-9(2-1-3-10(13)14(16)17)8-4-5-11-12(6-8)19-7-18-11/h1-6,15H,7H2,(H,16,17). The molecule has 0 saturated carbocycles. The second kappa shape index (κ2) is 4.20. The lowest BCUT2D eigenvalue weighted by molar-refractivity contribution is 0.0694. The summed E-state index contributed by atoms with van der Waals surface area (Å²) in [7, 11) is 0. The monoisotopic (exact) mass is 258 g/mol. The maximum Gasteiger partial charge on any atom is 0.339 e. The quantitative estimate of drug-likeness (QED) is 0.865. The molecule has 0 spiro atoms. The molecular weight excluding hydrogens is 248 g/mol. The van der Waals surface area contributed by atoms with Crippen molar-refractivity contribution in [3.05, 3.63) is 42.0 Å². The van der Waals surface area contributed by atoms with Gasteiger partial charge in [-0.3, -0.25) is 0 Å². The number of carbonyl (C=O) groups is 1. The van der Waals surface area contributed by atoms with Gasteiger partial charge in [0.1, 0.15) is 11.3 Å². The predicted molar refractivity (Wildman–Crippen MR) is 66.6 cm³/mol. The minimum Gasteiger partial charge on any atom is -0.506 e. The van der Waals surface area contributed by atoms with Crippen molar-refractivity contribution in [3.8, 4) is 28.4 Å². The van der Waals surface area contributed by atoms with E-state index < -0.39 is 5.97 Å². The molecule has 0 unspecified atom stereocenters. The minimum absolute atomic E-state index is 0.129. The first-order valence-corrected chi connectivity index (χ1v) is 5.62. The molecule has 0 amide bonds. The number of hydrogen-bond acceptors (Lipinski definition) is 4. The van der Waals surface area contributed by atoms with Gasteiger partial charge in [0.25, 0.3) is 0 Å². The molecule has 1 heterocycles. The lowest BCUT2D eigenvalue weighted by atomic mass is 10.0. The number of para-hydroxylation sites is 1. The van der Waals surface area contributed by atoms with Crippen LogP contribution in [-0.4, -0.2) is 23.0 Å². The van der Waals surface area contributed by atoms with Crippen LogP contribution in [0.1, 0.15) is 10.4 Å². The maximum absolute atomic E-state index is 11.0. The van der Waals surface area contributed by atoms with Crippen LogP contribution in [0.3, 0.4) is 0 Å². The summed E-state index contributed by atoms with van der Waals surface area (Å²) in [6.45, 7) is 0.167. The fourth-order valence-electron chi connectivity index (χ4n) is 2.01. The van der Waals surface area contributed by atoms with E-state index in [-0.39, 0.29) is 18.1 Å². The van der Waals surface area contributed by atoms with Crippen molar-refractivity contribution < 1.29 is 24.5 Å². The smallest absolute Gasteiger partial charge is 0.339 e. The molecular formula is C14H10O5. The van der Waals surface area contributed by atoms with Crippen molar-refractivity contribution in [1.82, 2.24) is 0 Å². The van der Waals surface area contributed by atoms with Crippen LogP contribution >= 0.6 is 0 Å². The molecule has 2 N–H and O–H groups in total. The van der Waals surface area contributed by atoms with E-state index in [2.05, 4.69) is 0 Å². The second-order valence-corrected chi connectivity index (χ2v) is 4.07. The average Bonchev–Trinajstić information content (AvgIpc) is 2.85. The second-order valence-electron chi connectivity index (χ2n) is 4.07. The van der Waals surface area contributed by atoms with E-state index in [0.717, 1.165) is 0 Å². The molecule has 19 heavy (non-hydrogen) atoms. The summed E-state index contributed by atoms with van der Waals surface area (Å²) >= 11 is 0. The van der Waals surface area contributed by atoms with Gasteiger partial charge < -0.3 is 19.7 Å². The highest BCUT2D eigenvalue weighted by Crippen LogP contribution is 2.39. The minimum atomic E-state index is -1.17. The summed E-state index contributed by atoms with van der Waals surface area (Å²) in [5.74, 6) is -0.204. The number of aromatic hydroxyl groups is 1. The maximum atomic E-state index is 11.0. The van der Waals surface area contributed by atoms with Gasteiger partial charge in [-0.2, -0.15) is 0 Å². The van der Waals surface area contributed by atoms with E-state index in [4.69, 9.17) is 14.6 Å². The van der Waals surface area contributed by atoms with Crippen molar-refractivity contribution in [2.24, 2.45) is 0 Å². The Morgan fingerprint density at radius 3 is 2.68 bits per heavy atom. The van der Waals surface area contributed by atoms with Gasteiger partial charge >= 0.3 is 5.97 Å². The SMILES string of the molecule is O=C(O)c1cccc(-c2ccc3c(c2)OCO3)c1O. The van der Waals surface area contributed by atoms with E-state index in [9.17, 15) is 9.90 Å². The fraction of sp³-hybridized carbons (Fsp3) is 0.0714. The highest BCUT2D eigenvalue weighted by atomic mass is 16.7. The third-order valence-electron chi connectivity index (χ3n) is 2.95. The van der Waals surface area contributed by atoms with Gasteiger partial charge in [0.05, 0.1) is 0 Å². The molecule has 0 bridgehead atoms. The van der Waals surface area contributed by atoms with Crippen molar-refractivity contribution in [3.63, 3.8) is 0 Å². The van der Waals surface area contributed by atoms with Gasteiger partial charge in [0.15, 0.2) is 11.5 Å². The number of fused-ring (bicyclic) bond motifs is 1. The normalized spacial score (nSPS) is 12.4. The molecule has 2 aromatic carbocycles. The third-order valence-corrected chi connectivity index (χ3v) is 2.95. The molecule has 1 aliphatic rings. The fourth-order valence-corrected chi connectivity index (χ4v) is 2.01. The van der Waals surface area contributed by atoms with E-state index in [0.29, 0.717) is 22.6 Å². The zero-order valence-electron chi connectivity index (χ0n) is 9.79. The summed E-state index contributed by atoms with van der Waals surface area (Å²) in [6, 6.07) is 9.78. The largest absolute Gasteiger partial charge is 0.506 e.